The van der Waals surface area contributed by atoms with Crippen LogP contribution in [-0.2, 0) is 0 Å². The van der Waals surface area contributed by atoms with E-state index in [1.807, 2.05) is 0 Å². The van der Waals surface area contributed by atoms with Gasteiger partial charge in [0.25, 0.3) is 0 Å². The zero-order valence-corrected chi connectivity index (χ0v) is 12.0. The van der Waals surface area contributed by atoms with Crippen LogP contribution in [0.4, 0.5) is 0 Å². The highest BCUT2D eigenvalue weighted by Crippen LogP contribution is 2.50. The summed E-state index contributed by atoms with van der Waals surface area (Å²) in [7, 11) is 0. The molecule has 3 unspecified atom stereocenters. The molecular weight excluding hydrogens is 218 g/mol. The topological polar surface area (TPSA) is 12.0 Å². The molecule has 0 amide bonds. The van der Waals surface area contributed by atoms with Gasteiger partial charge in [0.05, 0.1) is 0 Å². The Labute approximate surface area is 112 Å². The number of hydrogen-bond acceptors (Lipinski definition) is 1. The molecule has 100 valence electrons. The van der Waals surface area contributed by atoms with Crippen LogP contribution in [0.5, 0.6) is 0 Å². The molecule has 0 aliphatic heterocycles. The fraction of sp³-hybridized carbons (Fsp3) is 0.647. The fourth-order valence-electron chi connectivity index (χ4n) is 3.02. The van der Waals surface area contributed by atoms with E-state index in [9.17, 15) is 0 Å². The zero-order chi connectivity index (χ0) is 13.0. The largest absolute Gasteiger partial charge is 0.311 e. The van der Waals surface area contributed by atoms with E-state index in [-0.39, 0.29) is 0 Å². The molecule has 0 spiro atoms. The highest BCUT2D eigenvalue weighted by Gasteiger charge is 2.43. The molecule has 18 heavy (non-hydrogen) atoms. The van der Waals surface area contributed by atoms with Crippen LogP contribution in [0.15, 0.2) is 30.3 Å². The van der Waals surface area contributed by atoms with Crippen LogP contribution in [0.1, 0.15) is 57.9 Å². The van der Waals surface area contributed by atoms with Gasteiger partial charge in [0.1, 0.15) is 0 Å². The van der Waals surface area contributed by atoms with E-state index >= 15 is 0 Å². The van der Waals surface area contributed by atoms with Crippen molar-refractivity contribution in [3.05, 3.63) is 35.9 Å². The minimum absolute atomic E-state index is 0.601. The third-order valence-electron chi connectivity index (χ3n) is 4.00. The molecule has 1 aliphatic carbocycles. The summed E-state index contributed by atoms with van der Waals surface area (Å²) in [5.41, 5.74) is 1.54. The van der Waals surface area contributed by atoms with Crippen molar-refractivity contribution in [1.29, 1.82) is 0 Å². The van der Waals surface area contributed by atoms with Crippen molar-refractivity contribution < 1.29 is 0 Å². The molecule has 0 saturated heterocycles. The van der Waals surface area contributed by atoms with Gasteiger partial charge in [-0.3, -0.25) is 0 Å². The lowest BCUT2D eigenvalue weighted by atomic mass is 10.00. The summed E-state index contributed by atoms with van der Waals surface area (Å²) in [6, 6.07) is 12.3. The first-order valence-corrected chi connectivity index (χ1v) is 7.53. The molecule has 2 rings (SSSR count). The van der Waals surface area contributed by atoms with Crippen LogP contribution in [0.2, 0.25) is 0 Å². The van der Waals surface area contributed by atoms with Gasteiger partial charge in [-0.25, -0.2) is 0 Å². The summed E-state index contributed by atoms with van der Waals surface area (Å²) in [5, 5.41) is 3.78. The number of hydrogen-bond donors (Lipinski definition) is 1. The quantitative estimate of drug-likeness (QED) is 0.753. The highest BCUT2D eigenvalue weighted by atomic mass is 15.0. The van der Waals surface area contributed by atoms with Crippen LogP contribution in [0.25, 0.3) is 0 Å². The summed E-state index contributed by atoms with van der Waals surface area (Å²) in [6.07, 6.45) is 5.36. The Morgan fingerprint density at radius 3 is 2.56 bits per heavy atom. The SMILES string of the molecule is CCCCC(NC(C)C)C1CC1c1ccccc1. The van der Waals surface area contributed by atoms with Crippen LogP contribution < -0.4 is 5.32 Å². The summed E-state index contributed by atoms with van der Waals surface area (Å²) in [6.45, 7) is 6.81. The first-order valence-electron chi connectivity index (χ1n) is 7.53. The maximum absolute atomic E-state index is 3.78. The average Bonchev–Trinajstić information content (AvgIpc) is 3.15. The third kappa shape index (κ3) is 3.58. The van der Waals surface area contributed by atoms with E-state index in [0.717, 1.165) is 17.9 Å². The predicted octanol–water partition coefficient (Wildman–Crippen LogP) is 4.35. The second-order valence-corrected chi connectivity index (χ2v) is 5.99. The molecule has 1 heteroatoms. The first-order chi connectivity index (χ1) is 8.72. The van der Waals surface area contributed by atoms with Gasteiger partial charge in [0.2, 0.25) is 0 Å². The average molecular weight is 245 g/mol. The molecule has 1 aromatic carbocycles. The molecule has 3 atom stereocenters. The van der Waals surface area contributed by atoms with Gasteiger partial charge < -0.3 is 5.32 Å². The minimum atomic E-state index is 0.601. The Morgan fingerprint density at radius 2 is 1.94 bits per heavy atom. The highest BCUT2D eigenvalue weighted by molar-refractivity contribution is 5.26. The molecule has 1 aliphatic rings. The molecule has 1 nitrogen and oxygen atoms in total. The van der Waals surface area contributed by atoms with Crippen molar-refractivity contribution in [2.24, 2.45) is 5.92 Å². The summed E-state index contributed by atoms with van der Waals surface area (Å²) < 4.78 is 0. The second kappa shape index (κ2) is 6.38. The fourth-order valence-corrected chi connectivity index (χ4v) is 3.02. The Morgan fingerprint density at radius 1 is 1.22 bits per heavy atom. The Bertz CT molecular complexity index is 344. The second-order valence-electron chi connectivity index (χ2n) is 5.99. The normalized spacial score (nSPS) is 24.2. The molecular formula is C17H27N. The van der Waals surface area contributed by atoms with Gasteiger partial charge in [-0.2, -0.15) is 0 Å². The lowest BCUT2D eigenvalue weighted by molar-refractivity contribution is 0.386. The van der Waals surface area contributed by atoms with Gasteiger partial charge in [0.15, 0.2) is 0 Å². The van der Waals surface area contributed by atoms with E-state index in [1.165, 1.54) is 31.2 Å². The van der Waals surface area contributed by atoms with Crippen molar-refractivity contribution >= 4 is 0 Å². The van der Waals surface area contributed by atoms with Crippen LogP contribution in [-0.4, -0.2) is 12.1 Å². The van der Waals surface area contributed by atoms with E-state index in [2.05, 4.69) is 56.4 Å². The van der Waals surface area contributed by atoms with E-state index < -0.39 is 0 Å². The van der Waals surface area contributed by atoms with Gasteiger partial charge in [0, 0.05) is 12.1 Å². The van der Waals surface area contributed by atoms with Crippen LogP contribution >= 0.6 is 0 Å². The monoisotopic (exact) mass is 245 g/mol. The number of rotatable bonds is 7. The third-order valence-corrected chi connectivity index (χ3v) is 4.00. The maximum Gasteiger partial charge on any atom is 0.0104 e. The van der Waals surface area contributed by atoms with Gasteiger partial charge in [-0.05, 0) is 30.2 Å². The first kappa shape index (κ1) is 13.6. The van der Waals surface area contributed by atoms with E-state index in [0.29, 0.717) is 6.04 Å². The molecule has 0 heterocycles. The Balaban J connectivity index is 1.93. The standard InChI is InChI=1S/C17H27N/c1-4-5-11-17(18-13(2)3)16-12-15(16)14-9-7-6-8-10-14/h6-10,13,15-18H,4-5,11-12H2,1-3H3. The van der Waals surface area contributed by atoms with E-state index in [4.69, 9.17) is 0 Å². The number of unbranched alkanes of at least 4 members (excludes halogenated alkanes) is 1. The van der Waals surface area contributed by atoms with Gasteiger partial charge in [-0.1, -0.05) is 63.9 Å². The Kier molecular flexibility index (Phi) is 4.82. The smallest absolute Gasteiger partial charge is 0.0104 e. The van der Waals surface area contributed by atoms with Crippen molar-refractivity contribution in [1.82, 2.24) is 5.32 Å². The number of nitrogens with one attached hydrogen (secondary N) is 1. The van der Waals surface area contributed by atoms with Crippen molar-refractivity contribution in [3.8, 4) is 0 Å². The zero-order valence-electron chi connectivity index (χ0n) is 12.0. The van der Waals surface area contributed by atoms with E-state index in [1.54, 1.807) is 0 Å². The summed E-state index contributed by atoms with van der Waals surface area (Å²) in [4.78, 5) is 0. The van der Waals surface area contributed by atoms with Crippen molar-refractivity contribution in [3.63, 3.8) is 0 Å². The van der Waals surface area contributed by atoms with Crippen molar-refractivity contribution in [2.75, 3.05) is 0 Å². The summed E-state index contributed by atoms with van der Waals surface area (Å²) >= 11 is 0. The predicted molar refractivity (Wildman–Crippen MR) is 78.9 cm³/mol. The van der Waals surface area contributed by atoms with Gasteiger partial charge in [-0.15, -0.1) is 0 Å². The van der Waals surface area contributed by atoms with Crippen LogP contribution in [0, 0.1) is 5.92 Å². The van der Waals surface area contributed by atoms with Gasteiger partial charge >= 0.3 is 0 Å². The Hall–Kier alpha value is -0.820. The maximum atomic E-state index is 3.78. The molecule has 0 bridgehead atoms. The number of benzene rings is 1. The molecule has 1 fully saturated rings. The van der Waals surface area contributed by atoms with Crippen LogP contribution in [0.3, 0.4) is 0 Å². The lowest BCUT2D eigenvalue weighted by Gasteiger charge is -2.21. The minimum Gasteiger partial charge on any atom is -0.311 e. The van der Waals surface area contributed by atoms with Crippen molar-refractivity contribution in [2.45, 2.75) is 64.5 Å². The molecule has 1 saturated carbocycles. The molecule has 0 radical (unpaired) electrons. The molecule has 1 N–H and O–H groups in total. The molecule has 0 aromatic heterocycles. The molecule has 1 aromatic rings. The summed E-state index contributed by atoms with van der Waals surface area (Å²) in [5.74, 6) is 1.67. The lowest BCUT2D eigenvalue weighted by Crippen LogP contribution is -2.36.